The predicted molar refractivity (Wildman–Crippen MR) is 89.9 cm³/mol. The summed E-state index contributed by atoms with van der Waals surface area (Å²) in [6.45, 7) is 2.00. The van der Waals surface area contributed by atoms with E-state index in [4.69, 9.17) is 5.11 Å². The minimum Gasteiger partial charge on any atom is -0.478 e. The number of halogens is 3. The lowest BCUT2D eigenvalue weighted by Gasteiger charge is -2.42. The Bertz CT molecular complexity index is 863. The maximum Gasteiger partial charge on any atom is 0.434 e. The van der Waals surface area contributed by atoms with Crippen LogP contribution in [0.15, 0.2) is 30.5 Å². The average Bonchev–Trinajstić information content (AvgIpc) is 3.04. The summed E-state index contributed by atoms with van der Waals surface area (Å²) >= 11 is 0. The van der Waals surface area contributed by atoms with E-state index < -0.39 is 23.4 Å². The molecular weight excluding hydrogens is 363 g/mol. The van der Waals surface area contributed by atoms with Crippen LogP contribution in [0.4, 0.5) is 13.2 Å². The third-order valence-electron chi connectivity index (χ3n) is 5.01. The number of hydrogen-bond donors (Lipinski definition) is 2. The number of nitrogens with zero attached hydrogens (tertiary/aromatic N) is 2. The Balaban J connectivity index is 1.88. The molecule has 1 aliphatic rings. The lowest BCUT2D eigenvalue weighted by Crippen LogP contribution is -2.52. The number of benzene rings is 1. The summed E-state index contributed by atoms with van der Waals surface area (Å²) < 4.78 is 40.4. The smallest absolute Gasteiger partial charge is 0.434 e. The molecule has 0 unspecified atom stereocenters. The van der Waals surface area contributed by atoms with Gasteiger partial charge in [0.15, 0.2) is 5.69 Å². The molecule has 2 aromatic rings. The molecule has 9 heteroatoms. The first-order valence-corrected chi connectivity index (χ1v) is 8.48. The van der Waals surface area contributed by atoms with Gasteiger partial charge in [0.05, 0.1) is 11.9 Å². The van der Waals surface area contributed by atoms with Crippen LogP contribution in [-0.4, -0.2) is 32.3 Å². The van der Waals surface area contributed by atoms with Gasteiger partial charge in [0.25, 0.3) is 5.91 Å². The van der Waals surface area contributed by atoms with E-state index in [-0.39, 0.29) is 17.1 Å². The highest BCUT2D eigenvalue weighted by atomic mass is 19.4. The molecule has 27 heavy (non-hydrogen) atoms. The third kappa shape index (κ3) is 3.54. The molecule has 3 rings (SSSR count). The Hall–Kier alpha value is -2.84. The van der Waals surface area contributed by atoms with Crippen LogP contribution >= 0.6 is 0 Å². The van der Waals surface area contributed by atoms with Crippen molar-refractivity contribution in [1.29, 1.82) is 0 Å². The van der Waals surface area contributed by atoms with Crippen molar-refractivity contribution in [1.82, 2.24) is 15.1 Å². The molecule has 0 saturated heterocycles. The van der Waals surface area contributed by atoms with E-state index in [1.165, 1.54) is 24.3 Å². The van der Waals surface area contributed by atoms with E-state index in [0.29, 0.717) is 16.4 Å². The number of carbonyl (C=O) groups excluding carboxylic acids is 1. The van der Waals surface area contributed by atoms with E-state index in [1.807, 2.05) is 6.92 Å². The van der Waals surface area contributed by atoms with Crippen LogP contribution in [0.3, 0.4) is 0 Å². The lowest BCUT2D eigenvalue weighted by atomic mass is 9.74. The second-order valence-corrected chi connectivity index (χ2v) is 6.61. The molecule has 1 aliphatic carbocycles. The van der Waals surface area contributed by atoms with Gasteiger partial charge in [-0.25, -0.2) is 9.48 Å². The number of hydrogen-bond acceptors (Lipinski definition) is 3. The monoisotopic (exact) mass is 381 g/mol. The molecule has 1 aromatic heterocycles. The van der Waals surface area contributed by atoms with E-state index in [1.54, 1.807) is 0 Å². The maximum atomic E-state index is 13.3. The van der Waals surface area contributed by atoms with Crippen LogP contribution in [0, 0.1) is 0 Å². The summed E-state index contributed by atoms with van der Waals surface area (Å²) in [6, 6.07) is 5.41. The number of carboxylic acid groups (broad SMARTS) is 1. The molecule has 1 fully saturated rings. The fraction of sp³-hybridized carbons (Fsp3) is 0.389. The highest BCUT2D eigenvalue weighted by Gasteiger charge is 2.41. The topological polar surface area (TPSA) is 84.2 Å². The van der Waals surface area contributed by atoms with Crippen molar-refractivity contribution >= 4 is 11.9 Å². The van der Waals surface area contributed by atoms with Crippen molar-refractivity contribution in [3.8, 4) is 5.69 Å². The molecule has 1 amide bonds. The quantitative estimate of drug-likeness (QED) is 0.828. The van der Waals surface area contributed by atoms with Gasteiger partial charge in [0, 0.05) is 11.1 Å². The van der Waals surface area contributed by atoms with E-state index in [0.717, 1.165) is 25.7 Å². The molecule has 1 aromatic carbocycles. The van der Waals surface area contributed by atoms with Crippen LogP contribution in [0.25, 0.3) is 5.69 Å². The first-order chi connectivity index (χ1) is 12.7. The maximum absolute atomic E-state index is 13.3. The summed E-state index contributed by atoms with van der Waals surface area (Å²) in [5.74, 6) is -2.00. The van der Waals surface area contributed by atoms with Gasteiger partial charge in [-0.15, -0.1) is 0 Å². The van der Waals surface area contributed by atoms with Crippen LogP contribution in [0.2, 0.25) is 0 Å². The molecular formula is C18H18F3N3O3. The zero-order valence-electron chi connectivity index (χ0n) is 14.5. The number of alkyl halides is 3. The van der Waals surface area contributed by atoms with Gasteiger partial charge >= 0.3 is 12.1 Å². The lowest BCUT2D eigenvalue weighted by molar-refractivity contribution is -0.143. The zero-order valence-corrected chi connectivity index (χ0v) is 14.5. The largest absolute Gasteiger partial charge is 0.478 e. The number of aromatic carboxylic acids is 1. The van der Waals surface area contributed by atoms with Gasteiger partial charge in [-0.3, -0.25) is 4.79 Å². The summed E-state index contributed by atoms with van der Waals surface area (Å²) in [4.78, 5) is 23.4. The Kier molecular flexibility index (Phi) is 4.71. The van der Waals surface area contributed by atoms with Gasteiger partial charge in [0.1, 0.15) is 5.56 Å². The fourth-order valence-electron chi connectivity index (χ4n) is 3.21. The molecule has 144 valence electrons. The Morgan fingerprint density at radius 3 is 2.33 bits per heavy atom. The predicted octanol–water partition coefficient (Wildman–Crippen LogP) is 3.65. The zero-order chi connectivity index (χ0) is 19.8. The third-order valence-corrected chi connectivity index (χ3v) is 5.01. The van der Waals surface area contributed by atoms with Crippen LogP contribution in [0.1, 0.15) is 59.0 Å². The van der Waals surface area contributed by atoms with E-state index in [2.05, 4.69) is 10.4 Å². The van der Waals surface area contributed by atoms with E-state index >= 15 is 0 Å². The van der Waals surface area contributed by atoms with Gasteiger partial charge < -0.3 is 10.4 Å². The Labute approximate surface area is 153 Å². The molecule has 1 heterocycles. The molecule has 1 saturated carbocycles. The van der Waals surface area contributed by atoms with Crippen molar-refractivity contribution in [3.63, 3.8) is 0 Å². The van der Waals surface area contributed by atoms with Crippen molar-refractivity contribution in [2.45, 2.75) is 44.3 Å². The molecule has 0 bridgehead atoms. The molecule has 6 nitrogen and oxygen atoms in total. The van der Waals surface area contributed by atoms with Gasteiger partial charge in [0.2, 0.25) is 0 Å². The number of amides is 1. The minimum atomic E-state index is -4.89. The summed E-state index contributed by atoms with van der Waals surface area (Å²) in [5, 5.41) is 15.5. The number of rotatable bonds is 5. The van der Waals surface area contributed by atoms with Crippen LogP contribution in [-0.2, 0) is 6.18 Å². The van der Waals surface area contributed by atoms with Crippen molar-refractivity contribution in [2.75, 3.05) is 0 Å². The second kappa shape index (κ2) is 6.71. The van der Waals surface area contributed by atoms with Gasteiger partial charge in [-0.1, -0.05) is 6.92 Å². The van der Waals surface area contributed by atoms with Crippen molar-refractivity contribution < 1.29 is 27.9 Å². The number of aromatic nitrogens is 2. The first-order valence-electron chi connectivity index (χ1n) is 8.48. The van der Waals surface area contributed by atoms with E-state index in [9.17, 15) is 22.8 Å². The van der Waals surface area contributed by atoms with Crippen molar-refractivity contribution in [3.05, 3.63) is 47.3 Å². The summed E-state index contributed by atoms with van der Waals surface area (Å²) in [7, 11) is 0. The van der Waals surface area contributed by atoms with Gasteiger partial charge in [-0.2, -0.15) is 18.3 Å². The number of carboxylic acids is 1. The first kappa shape index (κ1) is 18.9. The highest BCUT2D eigenvalue weighted by molar-refractivity contribution is 5.95. The summed E-state index contributed by atoms with van der Waals surface area (Å²) in [6.07, 6.45) is -0.540. The molecule has 0 aliphatic heterocycles. The highest BCUT2D eigenvalue weighted by Crippen LogP contribution is 2.35. The second-order valence-electron chi connectivity index (χ2n) is 6.61. The number of carbonyl (C=O) groups is 2. The Morgan fingerprint density at radius 1 is 1.26 bits per heavy atom. The summed E-state index contributed by atoms with van der Waals surface area (Å²) in [5.41, 5.74) is -2.17. The fourth-order valence-corrected chi connectivity index (χ4v) is 3.21. The Morgan fingerprint density at radius 2 is 1.89 bits per heavy atom. The van der Waals surface area contributed by atoms with Crippen LogP contribution < -0.4 is 5.32 Å². The molecule has 0 spiro atoms. The minimum absolute atomic E-state index is 0.0141. The molecule has 0 radical (unpaired) electrons. The SMILES string of the molecule is CCC1(NC(=O)c2ccc(-n3ncc(C(=O)O)c3C(F)(F)F)cc2)CCC1. The molecule has 2 N–H and O–H groups in total. The number of nitrogens with one attached hydrogen (secondary N) is 1. The normalized spacial score (nSPS) is 15.9. The molecule has 0 atom stereocenters. The van der Waals surface area contributed by atoms with Gasteiger partial charge in [-0.05, 0) is 49.9 Å². The van der Waals surface area contributed by atoms with Crippen molar-refractivity contribution in [2.24, 2.45) is 0 Å². The standard InChI is InChI=1S/C18H18F3N3O3/c1-2-17(8-3-9-17)23-15(25)11-4-6-12(7-5-11)24-14(18(19,20)21)13(10-22-24)16(26)27/h4-7,10H,2-3,8-9H2,1H3,(H,23,25)(H,26,27). The average molecular weight is 381 g/mol. The van der Waals surface area contributed by atoms with Crippen LogP contribution in [0.5, 0.6) is 0 Å².